The summed E-state index contributed by atoms with van der Waals surface area (Å²) < 4.78 is 1.07. The van der Waals surface area contributed by atoms with Crippen molar-refractivity contribution in [2.75, 3.05) is 5.32 Å². The van der Waals surface area contributed by atoms with E-state index >= 15 is 0 Å². The van der Waals surface area contributed by atoms with E-state index in [1.54, 1.807) is 35.1 Å². The molecule has 0 unspecified atom stereocenters. The van der Waals surface area contributed by atoms with Crippen molar-refractivity contribution in [3.05, 3.63) is 74.6 Å². The summed E-state index contributed by atoms with van der Waals surface area (Å²) in [7, 11) is 0. The fourth-order valence-electron chi connectivity index (χ4n) is 2.37. The van der Waals surface area contributed by atoms with Crippen molar-refractivity contribution in [2.24, 2.45) is 0 Å². The molecule has 0 amide bonds. The second-order valence-corrected chi connectivity index (χ2v) is 7.54. The molecule has 25 heavy (non-hydrogen) atoms. The van der Waals surface area contributed by atoms with E-state index in [9.17, 15) is 0 Å². The molecule has 0 saturated carbocycles. The van der Waals surface area contributed by atoms with Crippen LogP contribution in [0.1, 0.15) is 16.0 Å². The van der Waals surface area contributed by atoms with Gasteiger partial charge in [0, 0.05) is 40.8 Å². The van der Waals surface area contributed by atoms with E-state index < -0.39 is 0 Å². The normalized spacial score (nSPS) is 10.4. The molecule has 0 spiro atoms. The molecule has 0 atom stereocenters. The first-order valence-electron chi connectivity index (χ1n) is 7.55. The van der Waals surface area contributed by atoms with Gasteiger partial charge in [0.2, 0.25) is 0 Å². The number of anilines is 1. The highest BCUT2D eigenvalue weighted by Gasteiger charge is 2.10. The molecule has 0 fully saturated rings. The van der Waals surface area contributed by atoms with Gasteiger partial charge < -0.3 is 5.32 Å². The Morgan fingerprint density at radius 3 is 2.80 bits per heavy atom. The van der Waals surface area contributed by atoms with Crippen molar-refractivity contribution >= 4 is 50.2 Å². The van der Waals surface area contributed by atoms with E-state index in [4.69, 9.17) is 11.6 Å². The Morgan fingerprint density at radius 2 is 2.00 bits per heavy atom. The third kappa shape index (κ3) is 3.67. The van der Waals surface area contributed by atoms with E-state index in [1.165, 1.54) is 4.88 Å². The average molecular weight is 382 g/mol. The summed E-state index contributed by atoms with van der Waals surface area (Å²) >= 11 is 9.58. The zero-order valence-corrected chi connectivity index (χ0v) is 15.4. The number of hydrogen-bond donors (Lipinski definition) is 1. The predicted octanol–water partition coefficient (Wildman–Crippen LogP) is 5.42. The highest BCUT2D eigenvalue weighted by molar-refractivity contribution is 7.18. The summed E-state index contributed by atoms with van der Waals surface area (Å²) in [5.41, 5.74) is 3.64. The van der Waals surface area contributed by atoms with Crippen molar-refractivity contribution in [1.82, 2.24) is 9.97 Å². The van der Waals surface area contributed by atoms with E-state index in [0.717, 1.165) is 33.6 Å². The molecule has 122 valence electrons. The lowest BCUT2D eigenvalue weighted by atomic mass is 10.2. The topological polar surface area (TPSA) is 37.8 Å². The lowest BCUT2D eigenvalue weighted by Gasteiger charge is -2.06. The molecular formula is C19H12ClN3S2. The van der Waals surface area contributed by atoms with Crippen LogP contribution in [-0.4, -0.2) is 9.97 Å². The maximum Gasteiger partial charge on any atom is 0.131 e. The van der Waals surface area contributed by atoms with Crippen molar-refractivity contribution in [2.45, 2.75) is 6.54 Å². The molecule has 3 nitrogen and oxygen atoms in total. The Labute approximate surface area is 158 Å². The number of hydrogen-bond acceptors (Lipinski definition) is 5. The number of thiophene rings is 2. The number of halogens is 1. The quantitative estimate of drug-likeness (QED) is 0.380. The highest BCUT2D eigenvalue weighted by atomic mass is 35.5. The van der Waals surface area contributed by atoms with Gasteiger partial charge in [-0.05, 0) is 23.6 Å². The Kier molecular flexibility index (Phi) is 4.66. The Hall–Kier alpha value is -2.39. The van der Waals surface area contributed by atoms with Crippen LogP contribution in [0.4, 0.5) is 5.69 Å². The van der Waals surface area contributed by atoms with Gasteiger partial charge in [0.1, 0.15) is 10.7 Å². The summed E-state index contributed by atoms with van der Waals surface area (Å²) in [6, 6.07) is 9.80. The Bertz CT molecular complexity index is 1060. The zero-order chi connectivity index (χ0) is 17.1. The summed E-state index contributed by atoms with van der Waals surface area (Å²) in [5.74, 6) is 6.34. The molecule has 0 aliphatic heterocycles. The molecule has 0 saturated heterocycles. The molecule has 0 bridgehead atoms. The molecule has 0 aliphatic carbocycles. The molecule has 6 heteroatoms. The summed E-state index contributed by atoms with van der Waals surface area (Å²) in [6.45, 7) is 0.767. The SMILES string of the molecule is Clc1cc(NCc2cccs2)c2scc(C#Cc3ccncc3)c2n1. The van der Waals surface area contributed by atoms with Crippen LogP contribution in [0.2, 0.25) is 5.15 Å². The number of nitrogens with one attached hydrogen (secondary N) is 1. The molecule has 0 aromatic carbocycles. The zero-order valence-electron chi connectivity index (χ0n) is 13.0. The van der Waals surface area contributed by atoms with Crippen LogP contribution in [-0.2, 0) is 6.54 Å². The molecule has 4 aromatic rings. The standard InChI is InChI=1S/C19H12ClN3S2/c20-17-10-16(22-11-15-2-1-9-24-15)19-18(23-17)14(12-25-19)4-3-13-5-7-21-8-6-13/h1-2,5-10,12H,11H2,(H,22,23). The molecule has 0 radical (unpaired) electrons. The van der Waals surface area contributed by atoms with Crippen LogP contribution in [0, 0.1) is 11.8 Å². The van der Waals surface area contributed by atoms with Gasteiger partial charge in [-0.2, -0.15) is 0 Å². The number of nitrogens with zero attached hydrogens (tertiary/aromatic N) is 2. The summed E-state index contributed by atoms with van der Waals surface area (Å²) in [5, 5.41) is 8.02. The second-order valence-electron chi connectivity index (χ2n) is 5.24. The minimum atomic E-state index is 0.464. The first kappa shape index (κ1) is 16.1. The average Bonchev–Trinajstić information content (AvgIpc) is 3.28. The fourth-order valence-corrected chi connectivity index (χ4v) is 4.14. The van der Waals surface area contributed by atoms with Crippen LogP contribution < -0.4 is 5.32 Å². The van der Waals surface area contributed by atoms with Crippen LogP contribution in [0.15, 0.2) is 53.5 Å². The number of pyridine rings is 2. The van der Waals surface area contributed by atoms with Crippen LogP contribution >= 0.6 is 34.3 Å². The predicted molar refractivity (Wildman–Crippen MR) is 106 cm³/mol. The van der Waals surface area contributed by atoms with Crippen molar-refractivity contribution in [3.8, 4) is 11.8 Å². The largest absolute Gasteiger partial charge is 0.379 e. The number of fused-ring (bicyclic) bond motifs is 1. The van der Waals surface area contributed by atoms with Crippen LogP contribution in [0.25, 0.3) is 10.2 Å². The maximum absolute atomic E-state index is 6.23. The van der Waals surface area contributed by atoms with Gasteiger partial charge >= 0.3 is 0 Å². The maximum atomic E-state index is 6.23. The van der Waals surface area contributed by atoms with Gasteiger partial charge in [-0.1, -0.05) is 29.5 Å². The molecular weight excluding hydrogens is 370 g/mol. The second kappa shape index (κ2) is 7.24. The van der Waals surface area contributed by atoms with E-state index in [-0.39, 0.29) is 0 Å². The molecule has 0 aliphatic rings. The first-order chi connectivity index (χ1) is 12.3. The highest BCUT2D eigenvalue weighted by Crippen LogP contribution is 2.33. The van der Waals surface area contributed by atoms with E-state index in [1.807, 2.05) is 23.6 Å². The molecule has 4 aromatic heterocycles. The first-order valence-corrected chi connectivity index (χ1v) is 9.69. The third-order valence-electron chi connectivity index (χ3n) is 3.55. The molecule has 4 rings (SSSR count). The lowest BCUT2D eigenvalue weighted by Crippen LogP contribution is -1.98. The van der Waals surface area contributed by atoms with Gasteiger partial charge in [-0.15, -0.1) is 22.7 Å². The minimum absolute atomic E-state index is 0.464. The van der Waals surface area contributed by atoms with Gasteiger partial charge in [0.25, 0.3) is 0 Å². The Balaban J connectivity index is 1.68. The lowest BCUT2D eigenvalue weighted by molar-refractivity contribution is 1.20. The number of aromatic nitrogens is 2. The summed E-state index contributed by atoms with van der Waals surface area (Å²) in [6.07, 6.45) is 3.47. The molecule has 4 heterocycles. The summed E-state index contributed by atoms with van der Waals surface area (Å²) in [4.78, 5) is 9.75. The fraction of sp³-hybridized carbons (Fsp3) is 0.0526. The van der Waals surface area contributed by atoms with Gasteiger partial charge in [0.15, 0.2) is 0 Å². The van der Waals surface area contributed by atoms with Gasteiger partial charge in [0.05, 0.1) is 16.0 Å². The van der Waals surface area contributed by atoms with Crippen molar-refractivity contribution < 1.29 is 0 Å². The van der Waals surface area contributed by atoms with Gasteiger partial charge in [-0.3, -0.25) is 4.98 Å². The minimum Gasteiger partial charge on any atom is -0.379 e. The van der Waals surface area contributed by atoms with Crippen molar-refractivity contribution in [3.63, 3.8) is 0 Å². The molecule has 1 N–H and O–H groups in total. The smallest absolute Gasteiger partial charge is 0.131 e. The van der Waals surface area contributed by atoms with Crippen molar-refractivity contribution in [1.29, 1.82) is 0 Å². The van der Waals surface area contributed by atoms with Crippen LogP contribution in [0.5, 0.6) is 0 Å². The third-order valence-corrected chi connectivity index (χ3v) is 5.62. The van der Waals surface area contributed by atoms with Gasteiger partial charge in [-0.25, -0.2) is 4.98 Å². The van der Waals surface area contributed by atoms with E-state index in [0.29, 0.717) is 5.15 Å². The monoisotopic (exact) mass is 381 g/mol. The van der Waals surface area contributed by atoms with Crippen LogP contribution in [0.3, 0.4) is 0 Å². The Morgan fingerprint density at radius 1 is 1.12 bits per heavy atom. The number of rotatable bonds is 3. The van der Waals surface area contributed by atoms with E-state index in [2.05, 4.69) is 44.6 Å².